The van der Waals surface area contributed by atoms with E-state index in [2.05, 4.69) is 31.1 Å². The van der Waals surface area contributed by atoms with E-state index in [1.165, 1.54) is 5.56 Å². The van der Waals surface area contributed by atoms with E-state index in [1.54, 1.807) is 0 Å². The standard InChI is InChI=1S/C16H24N2OS/c1-17(2)11-12-20-15-9-6-10-18(16(15)19)13-14-7-4-3-5-8-14/h3-5,7-8,15H,6,9-13H2,1-2H3. The Labute approximate surface area is 126 Å². The largest absolute Gasteiger partial charge is 0.337 e. The van der Waals surface area contributed by atoms with Gasteiger partial charge in [0.25, 0.3) is 0 Å². The van der Waals surface area contributed by atoms with Crippen LogP contribution < -0.4 is 0 Å². The van der Waals surface area contributed by atoms with Gasteiger partial charge in [0.1, 0.15) is 0 Å². The molecule has 1 amide bonds. The number of likely N-dealkylation sites (tertiary alicyclic amines) is 1. The number of rotatable bonds is 6. The van der Waals surface area contributed by atoms with Gasteiger partial charge in [0, 0.05) is 25.4 Å². The molecule has 0 bridgehead atoms. The summed E-state index contributed by atoms with van der Waals surface area (Å²) in [5.74, 6) is 1.35. The minimum absolute atomic E-state index is 0.160. The van der Waals surface area contributed by atoms with E-state index in [0.29, 0.717) is 5.91 Å². The van der Waals surface area contributed by atoms with Crippen LogP contribution in [0, 0.1) is 0 Å². The smallest absolute Gasteiger partial charge is 0.235 e. The Balaban J connectivity index is 1.86. The summed E-state index contributed by atoms with van der Waals surface area (Å²) >= 11 is 1.82. The molecular weight excluding hydrogens is 268 g/mol. The molecule has 1 aromatic carbocycles. The number of hydrogen-bond acceptors (Lipinski definition) is 3. The highest BCUT2D eigenvalue weighted by Gasteiger charge is 2.28. The lowest BCUT2D eigenvalue weighted by Crippen LogP contribution is -2.42. The van der Waals surface area contributed by atoms with Crippen molar-refractivity contribution in [2.24, 2.45) is 0 Å². The highest BCUT2D eigenvalue weighted by atomic mass is 32.2. The number of nitrogens with zero attached hydrogens (tertiary/aromatic N) is 2. The number of piperidine rings is 1. The fraction of sp³-hybridized carbons (Fsp3) is 0.562. The van der Waals surface area contributed by atoms with Crippen molar-refractivity contribution in [2.75, 3.05) is 32.9 Å². The monoisotopic (exact) mass is 292 g/mol. The van der Waals surface area contributed by atoms with E-state index in [-0.39, 0.29) is 5.25 Å². The van der Waals surface area contributed by atoms with Gasteiger partial charge in [0.2, 0.25) is 5.91 Å². The molecule has 1 aromatic rings. The maximum absolute atomic E-state index is 12.5. The molecule has 0 spiro atoms. The van der Waals surface area contributed by atoms with Crippen molar-refractivity contribution in [3.8, 4) is 0 Å². The van der Waals surface area contributed by atoms with Gasteiger partial charge >= 0.3 is 0 Å². The zero-order valence-electron chi connectivity index (χ0n) is 12.4. The van der Waals surface area contributed by atoms with E-state index in [9.17, 15) is 4.79 Å². The summed E-state index contributed by atoms with van der Waals surface area (Å²) in [6.45, 7) is 2.69. The normalized spacial score (nSPS) is 19.6. The third-order valence-corrected chi connectivity index (χ3v) is 4.81. The van der Waals surface area contributed by atoms with Crippen LogP contribution >= 0.6 is 11.8 Å². The molecule has 110 valence electrons. The third kappa shape index (κ3) is 4.53. The first-order chi connectivity index (χ1) is 9.66. The molecule has 2 rings (SSSR count). The molecule has 1 atom stereocenters. The van der Waals surface area contributed by atoms with Gasteiger partial charge in [-0.3, -0.25) is 4.79 Å². The van der Waals surface area contributed by atoms with Crippen LogP contribution in [0.2, 0.25) is 0 Å². The van der Waals surface area contributed by atoms with E-state index >= 15 is 0 Å². The van der Waals surface area contributed by atoms with Crippen molar-refractivity contribution in [1.29, 1.82) is 0 Å². The molecule has 1 fully saturated rings. The summed E-state index contributed by atoms with van der Waals surface area (Å²) in [4.78, 5) is 16.7. The summed E-state index contributed by atoms with van der Waals surface area (Å²) in [5, 5.41) is 0.160. The lowest BCUT2D eigenvalue weighted by Gasteiger charge is -2.32. The summed E-state index contributed by atoms with van der Waals surface area (Å²) in [5.41, 5.74) is 1.22. The number of hydrogen-bond donors (Lipinski definition) is 0. The van der Waals surface area contributed by atoms with Crippen molar-refractivity contribution in [2.45, 2.75) is 24.6 Å². The number of benzene rings is 1. The Hall–Kier alpha value is -1.00. The van der Waals surface area contributed by atoms with Crippen LogP contribution in [-0.2, 0) is 11.3 Å². The topological polar surface area (TPSA) is 23.6 Å². The third-order valence-electron chi connectivity index (χ3n) is 3.56. The first-order valence-corrected chi connectivity index (χ1v) is 8.31. The van der Waals surface area contributed by atoms with E-state index in [1.807, 2.05) is 34.9 Å². The van der Waals surface area contributed by atoms with Crippen molar-refractivity contribution >= 4 is 17.7 Å². The summed E-state index contributed by atoms with van der Waals surface area (Å²) in [6.07, 6.45) is 2.15. The zero-order chi connectivity index (χ0) is 14.4. The second-order valence-electron chi connectivity index (χ2n) is 5.55. The lowest BCUT2D eigenvalue weighted by atomic mass is 10.1. The Morgan fingerprint density at radius 3 is 2.75 bits per heavy atom. The maximum Gasteiger partial charge on any atom is 0.235 e. The van der Waals surface area contributed by atoms with Crippen LogP contribution in [0.25, 0.3) is 0 Å². The number of carbonyl (C=O) groups excluding carboxylic acids is 1. The minimum atomic E-state index is 0.160. The number of carbonyl (C=O) groups is 1. The van der Waals surface area contributed by atoms with Gasteiger partial charge in [0.05, 0.1) is 5.25 Å². The molecule has 1 aliphatic rings. The van der Waals surface area contributed by atoms with E-state index < -0.39 is 0 Å². The number of thioether (sulfide) groups is 1. The molecule has 1 heterocycles. The van der Waals surface area contributed by atoms with E-state index in [0.717, 1.165) is 38.2 Å². The van der Waals surface area contributed by atoms with Gasteiger partial charge in [-0.15, -0.1) is 11.8 Å². The zero-order valence-corrected chi connectivity index (χ0v) is 13.2. The van der Waals surface area contributed by atoms with Crippen LogP contribution in [0.1, 0.15) is 18.4 Å². The summed E-state index contributed by atoms with van der Waals surface area (Å²) in [6, 6.07) is 10.3. The molecule has 1 saturated heterocycles. The van der Waals surface area contributed by atoms with Crippen molar-refractivity contribution in [1.82, 2.24) is 9.80 Å². The Bertz CT molecular complexity index is 422. The first-order valence-electron chi connectivity index (χ1n) is 7.26. The van der Waals surface area contributed by atoms with Crippen molar-refractivity contribution < 1.29 is 4.79 Å². The SMILES string of the molecule is CN(C)CCSC1CCCN(Cc2ccccc2)C1=O. The predicted molar refractivity (Wildman–Crippen MR) is 85.9 cm³/mol. The van der Waals surface area contributed by atoms with Gasteiger partial charge < -0.3 is 9.80 Å². The van der Waals surface area contributed by atoms with Gasteiger partial charge in [0.15, 0.2) is 0 Å². The van der Waals surface area contributed by atoms with Crippen molar-refractivity contribution in [3.63, 3.8) is 0 Å². The Kier molecular flexibility index (Phi) is 5.92. The van der Waals surface area contributed by atoms with Crippen molar-refractivity contribution in [3.05, 3.63) is 35.9 Å². The van der Waals surface area contributed by atoms with Crippen LogP contribution in [0.3, 0.4) is 0 Å². The van der Waals surface area contributed by atoms with Crippen LogP contribution in [0.5, 0.6) is 0 Å². The molecule has 1 unspecified atom stereocenters. The highest BCUT2D eigenvalue weighted by Crippen LogP contribution is 2.24. The molecular formula is C16H24N2OS. The van der Waals surface area contributed by atoms with Gasteiger partial charge in [-0.1, -0.05) is 30.3 Å². The Morgan fingerprint density at radius 1 is 1.30 bits per heavy atom. The molecule has 0 saturated carbocycles. The van der Waals surface area contributed by atoms with Crippen LogP contribution in [0.15, 0.2) is 30.3 Å². The molecule has 0 N–H and O–H groups in total. The Morgan fingerprint density at radius 2 is 2.05 bits per heavy atom. The minimum Gasteiger partial charge on any atom is -0.337 e. The maximum atomic E-state index is 12.5. The first kappa shape index (κ1) is 15.4. The lowest BCUT2D eigenvalue weighted by molar-refractivity contribution is -0.133. The molecule has 1 aliphatic heterocycles. The average molecular weight is 292 g/mol. The van der Waals surface area contributed by atoms with E-state index in [4.69, 9.17) is 0 Å². The van der Waals surface area contributed by atoms with Crippen LogP contribution in [0.4, 0.5) is 0 Å². The fourth-order valence-electron chi connectivity index (χ4n) is 2.40. The second kappa shape index (κ2) is 7.70. The predicted octanol–water partition coefficient (Wildman–Crippen LogP) is 2.47. The second-order valence-corrected chi connectivity index (χ2v) is 6.86. The molecule has 0 aromatic heterocycles. The molecule has 20 heavy (non-hydrogen) atoms. The molecule has 0 aliphatic carbocycles. The molecule has 0 radical (unpaired) electrons. The van der Waals surface area contributed by atoms with Gasteiger partial charge in [-0.25, -0.2) is 0 Å². The number of amides is 1. The summed E-state index contributed by atoms with van der Waals surface area (Å²) in [7, 11) is 4.15. The molecule has 4 heteroatoms. The van der Waals surface area contributed by atoms with Gasteiger partial charge in [-0.2, -0.15) is 0 Å². The molecule has 3 nitrogen and oxygen atoms in total. The average Bonchev–Trinajstić information content (AvgIpc) is 2.44. The quantitative estimate of drug-likeness (QED) is 0.805. The fourth-order valence-corrected chi connectivity index (χ4v) is 3.78. The van der Waals surface area contributed by atoms with Crippen LogP contribution in [-0.4, -0.2) is 53.9 Å². The van der Waals surface area contributed by atoms with Gasteiger partial charge in [-0.05, 0) is 32.5 Å². The summed E-state index contributed by atoms with van der Waals surface area (Å²) < 4.78 is 0. The highest BCUT2D eigenvalue weighted by molar-refractivity contribution is 8.00.